The van der Waals surface area contributed by atoms with Gasteiger partial charge >= 0.3 is 5.76 Å². The van der Waals surface area contributed by atoms with E-state index in [1.807, 2.05) is 0 Å². The molecule has 2 aromatic carbocycles. The fourth-order valence-electron chi connectivity index (χ4n) is 2.05. The molecular formula is C14H10F2N2O2. The molecular weight excluding hydrogens is 266 g/mol. The Morgan fingerprint density at radius 1 is 1.10 bits per heavy atom. The number of nitrogens with two attached hydrogens (primary N) is 1. The fraction of sp³-hybridized carbons (Fsp3) is 0.0714. The van der Waals surface area contributed by atoms with Crippen LogP contribution in [-0.4, -0.2) is 4.57 Å². The molecule has 4 nitrogen and oxygen atoms in total. The average molecular weight is 276 g/mol. The summed E-state index contributed by atoms with van der Waals surface area (Å²) in [5.74, 6) is -2.45. The van der Waals surface area contributed by atoms with Crippen molar-refractivity contribution in [2.24, 2.45) is 0 Å². The maximum Gasteiger partial charge on any atom is 0.420 e. The van der Waals surface area contributed by atoms with Gasteiger partial charge in [0, 0.05) is 11.8 Å². The van der Waals surface area contributed by atoms with Crippen LogP contribution in [-0.2, 0) is 6.54 Å². The van der Waals surface area contributed by atoms with Crippen LogP contribution in [0.15, 0.2) is 45.6 Å². The van der Waals surface area contributed by atoms with Crippen molar-refractivity contribution in [2.75, 3.05) is 5.73 Å². The van der Waals surface area contributed by atoms with Crippen molar-refractivity contribution in [1.82, 2.24) is 4.57 Å². The van der Waals surface area contributed by atoms with Gasteiger partial charge < -0.3 is 10.2 Å². The highest BCUT2D eigenvalue weighted by molar-refractivity contribution is 5.76. The molecule has 0 radical (unpaired) electrons. The summed E-state index contributed by atoms with van der Waals surface area (Å²) in [5.41, 5.74) is 7.46. The van der Waals surface area contributed by atoms with Crippen LogP contribution in [0.5, 0.6) is 0 Å². The Kier molecular flexibility index (Phi) is 2.78. The van der Waals surface area contributed by atoms with Crippen LogP contribution in [0.2, 0.25) is 0 Å². The Hall–Kier alpha value is -2.63. The molecule has 0 unspecified atom stereocenters. The first kappa shape index (κ1) is 12.4. The molecule has 0 saturated heterocycles. The summed E-state index contributed by atoms with van der Waals surface area (Å²) in [6, 6.07) is 8.32. The smallest absolute Gasteiger partial charge is 0.408 e. The number of nitrogen functional groups attached to an aromatic ring is 1. The predicted octanol–water partition coefficient (Wildman–Crippen LogP) is 2.50. The number of anilines is 1. The summed E-state index contributed by atoms with van der Waals surface area (Å²) in [4.78, 5) is 11.8. The highest BCUT2D eigenvalue weighted by Gasteiger charge is 2.11. The lowest BCUT2D eigenvalue weighted by Crippen LogP contribution is -2.15. The number of hydrogen-bond acceptors (Lipinski definition) is 3. The van der Waals surface area contributed by atoms with E-state index in [1.165, 1.54) is 10.6 Å². The monoisotopic (exact) mass is 276 g/mol. The minimum atomic E-state index is -0.951. The number of oxazole rings is 1. The van der Waals surface area contributed by atoms with Crippen molar-refractivity contribution in [3.8, 4) is 0 Å². The second kappa shape index (κ2) is 4.48. The standard InChI is InChI=1S/C14H10F2N2O2/c15-10-3-1-8(5-11(10)16)7-18-12-4-2-9(17)6-13(12)20-14(18)19/h1-6H,7,17H2. The number of hydrogen-bond donors (Lipinski definition) is 1. The van der Waals surface area contributed by atoms with E-state index in [0.717, 1.165) is 12.1 Å². The van der Waals surface area contributed by atoms with E-state index < -0.39 is 17.4 Å². The quantitative estimate of drug-likeness (QED) is 0.731. The number of nitrogens with zero attached hydrogens (tertiary/aromatic N) is 1. The molecule has 6 heteroatoms. The summed E-state index contributed by atoms with van der Waals surface area (Å²) in [6.07, 6.45) is 0. The zero-order valence-corrected chi connectivity index (χ0v) is 10.3. The zero-order valence-electron chi connectivity index (χ0n) is 10.3. The first-order chi connectivity index (χ1) is 9.54. The summed E-state index contributed by atoms with van der Waals surface area (Å²) < 4.78 is 32.5. The zero-order chi connectivity index (χ0) is 14.3. The molecule has 0 bridgehead atoms. The number of rotatable bonds is 2. The van der Waals surface area contributed by atoms with Gasteiger partial charge in [-0.2, -0.15) is 0 Å². The van der Waals surface area contributed by atoms with E-state index in [9.17, 15) is 13.6 Å². The molecule has 0 fully saturated rings. The van der Waals surface area contributed by atoms with Crippen LogP contribution in [0.1, 0.15) is 5.56 Å². The Balaban J connectivity index is 2.08. The van der Waals surface area contributed by atoms with Gasteiger partial charge in [-0.25, -0.2) is 13.6 Å². The first-order valence-corrected chi connectivity index (χ1v) is 5.87. The summed E-state index contributed by atoms with van der Waals surface area (Å²) >= 11 is 0. The van der Waals surface area contributed by atoms with Gasteiger partial charge in [-0.1, -0.05) is 6.07 Å². The van der Waals surface area contributed by atoms with Crippen molar-refractivity contribution >= 4 is 16.8 Å². The minimum absolute atomic E-state index is 0.0902. The number of benzene rings is 2. The van der Waals surface area contributed by atoms with Gasteiger partial charge in [0.25, 0.3) is 0 Å². The average Bonchev–Trinajstić information content (AvgIpc) is 2.69. The normalized spacial score (nSPS) is 11.1. The topological polar surface area (TPSA) is 61.2 Å². The number of aromatic nitrogens is 1. The second-order valence-corrected chi connectivity index (χ2v) is 4.43. The van der Waals surface area contributed by atoms with Crippen LogP contribution in [0.25, 0.3) is 11.1 Å². The van der Waals surface area contributed by atoms with E-state index in [1.54, 1.807) is 18.2 Å². The summed E-state index contributed by atoms with van der Waals surface area (Å²) in [5, 5.41) is 0. The third-order valence-corrected chi connectivity index (χ3v) is 3.02. The maximum atomic E-state index is 13.2. The molecule has 3 rings (SSSR count). The molecule has 102 valence electrons. The summed E-state index contributed by atoms with van der Waals surface area (Å²) in [6.45, 7) is 0.0902. The fourth-order valence-corrected chi connectivity index (χ4v) is 2.05. The van der Waals surface area contributed by atoms with Crippen molar-refractivity contribution in [1.29, 1.82) is 0 Å². The number of halogens is 2. The van der Waals surface area contributed by atoms with E-state index in [-0.39, 0.29) is 6.54 Å². The Bertz CT molecular complexity index is 852. The van der Waals surface area contributed by atoms with Crippen LogP contribution in [0, 0.1) is 11.6 Å². The summed E-state index contributed by atoms with van der Waals surface area (Å²) in [7, 11) is 0. The Labute approximate surface area is 112 Å². The van der Waals surface area contributed by atoms with Gasteiger partial charge in [-0.05, 0) is 29.8 Å². The van der Waals surface area contributed by atoms with Crippen molar-refractivity contribution in [3.05, 3.63) is 64.1 Å². The van der Waals surface area contributed by atoms with Gasteiger partial charge in [0.2, 0.25) is 0 Å². The van der Waals surface area contributed by atoms with E-state index in [0.29, 0.717) is 22.4 Å². The molecule has 2 N–H and O–H groups in total. The largest absolute Gasteiger partial charge is 0.420 e. The van der Waals surface area contributed by atoms with Crippen molar-refractivity contribution in [3.63, 3.8) is 0 Å². The van der Waals surface area contributed by atoms with Crippen LogP contribution < -0.4 is 11.5 Å². The van der Waals surface area contributed by atoms with Crippen molar-refractivity contribution < 1.29 is 13.2 Å². The van der Waals surface area contributed by atoms with E-state index >= 15 is 0 Å². The molecule has 1 aromatic heterocycles. The van der Waals surface area contributed by atoms with Crippen molar-refractivity contribution in [2.45, 2.75) is 6.54 Å². The lowest BCUT2D eigenvalue weighted by molar-refractivity contribution is 0.502. The molecule has 3 aromatic rings. The molecule has 0 amide bonds. The highest BCUT2D eigenvalue weighted by atomic mass is 19.2. The van der Waals surface area contributed by atoms with Crippen LogP contribution in [0.4, 0.5) is 14.5 Å². The molecule has 0 atom stereocenters. The molecule has 0 aliphatic carbocycles. The minimum Gasteiger partial charge on any atom is -0.408 e. The van der Waals surface area contributed by atoms with Crippen LogP contribution >= 0.6 is 0 Å². The number of fused-ring (bicyclic) bond motifs is 1. The Morgan fingerprint density at radius 2 is 1.90 bits per heavy atom. The molecule has 1 heterocycles. The molecule has 20 heavy (non-hydrogen) atoms. The van der Waals surface area contributed by atoms with Gasteiger partial charge in [0.05, 0.1) is 12.1 Å². The highest BCUT2D eigenvalue weighted by Crippen LogP contribution is 2.18. The third-order valence-electron chi connectivity index (χ3n) is 3.02. The van der Waals surface area contributed by atoms with Gasteiger partial charge in [-0.15, -0.1) is 0 Å². The third kappa shape index (κ3) is 2.05. The SMILES string of the molecule is Nc1ccc2c(c1)oc(=O)n2Cc1ccc(F)c(F)c1. The van der Waals surface area contributed by atoms with E-state index in [2.05, 4.69) is 0 Å². The predicted molar refractivity (Wildman–Crippen MR) is 70.3 cm³/mol. The lowest BCUT2D eigenvalue weighted by atomic mass is 10.2. The molecule has 0 aliphatic rings. The van der Waals surface area contributed by atoms with Gasteiger partial charge in [0.15, 0.2) is 17.2 Å². The Morgan fingerprint density at radius 3 is 2.65 bits per heavy atom. The van der Waals surface area contributed by atoms with Crippen LogP contribution in [0.3, 0.4) is 0 Å². The molecule has 0 spiro atoms. The van der Waals surface area contributed by atoms with Gasteiger partial charge in [-0.3, -0.25) is 4.57 Å². The maximum absolute atomic E-state index is 13.2. The molecule has 0 saturated carbocycles. The van der Waals surface area contributed by atoms with Gasteiger partial charge in [0.1, 0.15) is 0 Å². The molecule has 0 aliphatic heterocycles. The van der Waals surface area contributed by atoms with E-state index in [4.69, 9.17) is 10.2 Å². The lowest BCUT2D eigenvalue weighted by Gasteiger charge is -2.03. The first-order valence-electron chi connectivity index (χ1n) is 5.87. The second-order valence-electron chi connectivity index (χ2n) is 4.43.